The van der Waals surface area contributed by atoms with Gasteiger partial charge in [0.15, 0.2) is 11.6 Å². The van der Waals surface area contributed by atoms with E-state index in [-0.39, 0.29) is 23.0 Å². The molecule has 0 amide bonds. The van der Waals surface area contributed by atoms with E-state index < -0.39 is 0 Å². The number of nitrogens with one attached hydrogen (secondary N) is 1. The van der Waals surface area contributed by atoms with Crippen LogP contribution in [0.25, 0.3) is 0 Å². The third kappa shape index (κ3) is 3.01. The monoisotopic (exact) mass is 364 g/mol. The maximum Gasteiger partial charge on any atom is 0.210 e. The SMILES string of the molecule is CC(C)c1nnc2n1N[C@@H](c1ccccc1)[C@@H](C(=O)c1ccccc1)S2. The van der Waals surface area contributed by atoms with E-state index in [4.69, 9.17) is 0 Å². The number of aromatic nitrogens is 3. The summed E-state index contributed by atoms with van der Waals surface area (Å²) in [6.45, 7) is 4.17. The van der Waals surface area contributed by atoms with Crippen molar-refractivity contribution in [1.29, 1.82) is 0 Å². The molecule has 1 N–H and O–H groups in total. The van der Waals surface area contributed by atoms with Crippen LogP contribution in [0.2, 0.25) is 0 Å². The predicted molar refractivity (Wildman–Crippen MR) is 103 cm³/mol. The van der Waals surface area contributed by atoms with Gasteiger partial charge in [0, 0.05) is 11.5 Å². The van der Waals surface area contributed by atoms with E-state index in [9.17, 15) is 4.79 Å². The molecule has 0 aliphatic carbocycles. The van der Waals surface area contributed by atoms with Gasteiger partial charge in [-0.05, 0) is 5.56 Å². The number of hydrogen-bond acceptors (Lipinski definition) is 5. The molecule has 5 nitrogen and oxygen atoms in total. The van der Waals surface area contributed by atoms with Crippen LogP contribution in [0.3, 0.4) is 0 Å². The molecule has 1 aliphatic heterocycles. The normalized spacial score (nSPS) is 19.0. The molecule has 2 heterocycles. The van der Waals surface area contributed by atoms with Gasteiger partial charge in [-0.3, -0.25) is 4.79 Å². The van der Waals surface area contributed by atoms with Crippen molar-refractivity contribution < 1.29 is 4.79 Å². The lowest BCUT2D eigenvalue weighted by molar-refractivity contribution is 0.0980. The number of nitrogens with zero attached hydrogens (tertiary/aromatic N) is 3. The highest BCUT2D eigenvalue weighted by molar-refractivity contribution is 8.00. The van der Waals surface area contributed by atoms with Gasteiger partial charge in [0.1, 0.15) is 5.25 Å². The Hall–Kier alpha value is -2.60. The molecule has 0 saturated carbocycles. The third-order valence-corrected chi connectivity index (χ3v) is 5.67. The van der Waals surface area contributed by atoms with Gasteiger partial charge >= 0.3 is 0 Å². The summed E-state index contributed by atoms with van der Waals surface area (Å²) in [5.74, 6) is 1.21. The van der Waals surface area contributed by atoms with Crippen LogP contribution in [-0.4, -0.2) is 25.9 Å². The second-order valence-electron chi connectivity index (χ2n) is 6.62. The molecule has 4 rings (SSSR count). The lowest BCUT2D eigenvalue weighted by Gasteiger charge is -2.33. The maximum atomic E-state index is 13.2. The number of carbonyl (C=O) groups is 1. The number of Topliss-reactive ketones (excluding diaryl/α,β-unsaturated/α-hetero) is 1. The van der Waals surface area contributed by atoms with Crippen molar-refractivity contribution in [3.8, 4) is 0 Å². The van der Waals surface area contributed by atoms with Crippen molar-refractivity contribution in [2.24, 2.45) is 0 Å². The average Bonchev–Trinajstić information content (AvgIpc) is 3.11. The summed E-state index contributed by atoms with van der Waals surface area (Å²) >= 11 is 1.48. The van der Waals surface area contributed by atoms with E-state index in [0.717, 1.165) is 16.5 Å². The molecule has 132 valence electrons. The molecule has 2 atom stereocenters. The van der Waals surface area contributed by atoms with Crippen LogP contribution in [-0.2, 0) is 0 Å². The van der Waals surface area contributed by atoms with Gasteiger partial charge < -0.3 is 5.43 Å². The quantitative estimate of drug-likeness (QED) is 0.708. The number of carbonyl (C=O) groups excluding carboxylic acids is 1. The van der Waals surface area contributed by atoms with Crippen LogP contribution in [0.1, 0.15) is 47.6 Å². The summed E-state index contributed by atoms with van der Waals surface area (Å²) < 4.78 is 1.93. The summed E-state index contributed by atoms with van der Waals surface area (Å²) in [5, 5.41) is 9.03. The molecule has 0 spiro atoms. The van der Waals surface area contributed by atoms with E-state index in [1.54, 1.807) is 0 Å². The van der Waals surface area contributed by atoms with Crippen LogP contribution < -0.4 is 5.43 Å². The number of thioether (sulfide) groups is 1. The van der Waals surface area contributed by atoms with E-state index in [0.29, 0.717) is 5.56 Å². The van der Waals surface area contributed by atoms with Gasteiger partial charge in [0.25, 0.3) is 0 Å². The summed E-state index contributed by atoms with van der Waals surface area (Å²) in [6.07, 6.45) is 0. The fraction of sp³-hybridized carbons (Fsp3) is 0.250. The molecule has 0 fully saturated rings. The molecule has 2 aromatic carbocycles. The number of hydrogen-bond donors (Lipinski definition) is 1. The fourth-order valence-corrected chi connectivity index (χ4v) is 4.29. The van der Waals surface area contributed by atoms with Gasteiger partial charge in [-0.2, -0.15) is 0 Å². The van der Waals surface area contributed by atoms with Crippen molar-refractivity contribution in [3.05, 3.63) is 77.6 Å². The molecular weight excluding hydrogens is 344 g/mol. The Bertz CT molecular complexity index is 908. The first-order valence-electron chi connectivity index (χ1n) is 8.68. The van der Waals surface area contributed by atoms with Crippen molar-refractivity contribution in [2.45, 2.75) is 36.2 Å². The second kappa shape index (κ2) is 6.96. The Morgan fingerprint density at radius 2 is 1.69 bits per heavy atom. The molecule has 0 radical (unpaired) electrons. The zero-order valence-electron chi connectivity index (χ0n) is 14.7. The van der Waals surface area contributed by atoms with Crippen molar-refractivity contribution in [2.75, 3.05) is 5.43 Å². The topological polar surface area (TPSA) is 59.8 Å². The Balaban J connectivity index is 1.76. The van der Waals surface area contributed by atoms with Crippen LogP contribution in [0.15, 0.2) is 65.8 Å². The van der Waals surface area contributed by atoms with Crippen molar-refractivity contribution >= 4 is 17.5 Å². The van der Waals surface area contributed by atoms with Crippen molar-refractivity contribution in [3.63, 3.8) is 0 Å². The summed E-state index contributed by atoms with van der Waals surface area (Å²) in [6, 6.07) is 19.4. The summed E-state index contributed by atoms with van der Waals surface area (Å²) in [5.41, 5.74) is 5.28. The van der Waals surface area contributed by atoms with Crippen LogP contribution in [0, 0.1) is 0 Å². The Morgan fingerprint density at radius 3 is 2.35 bits per heavy atom. The number of ketones is 1. The predicted octanol–water partition coefficient (Wildman–Crippen LogP) is 4.04. The zero-order chi connectivity index (χ0) is 18.1. The molecule has 26 heavy (non-hydrogen) atoms. The standard InChI is InChI=1S/C20H20N4OS/c1-13(2)19-21-22-20-24(19)23-16(14-9-5-3-6-10-14)18(26-20)17(25)15-11-7-4-8-12-15/h3-13,16,18,23H,1-2H3/t16-,18-/m0/s1. The van der Waals surface area contributed by atoms with Gasteiger partial charge in [-0.25, -0.2) is 4.68 Å². The Kier molecular flexibility index (Phi) is 4.51. The number of benzene rings is 2. The molecule has 1 aliphatic rings. The smallest absolute Gasteiger partial charge is 0.210 e. The molecule has 3 aromatic rings. The highest BCUT2D eigenvalue weighted by Crippen LogP contribution is 2.39. The fourth-order valence-electron chi connectivity index (χ4n) is 3.12. The third-order valence-electron chi connectivity index (χ3n) is 4.45. The van der Waals surface area contributed by atoms with E-state index >= 15 is 0 Å². The van der Waals surface area contributed by atoms with Crippen LogP contribution in [0.4, 0.5) is 0 Å². The Morgan fingerprint density at radius 1 is 1.04 bits per heavy atom. The molecule has 6 heteroatoms. The van der Waals surface area contributed by atoms with E-state index in [1.807, 2.05) is 65.3 Å². The highest BCUT2D eigenvalue weighted by Gasteiger charge is 2.38. The number of rotatable bonds is 4. The first-order chi connectivity index (χ1) is 12.6. The lowest BCUT2D eigenvalue weighted by atomic mass is 9.97. The Labute approximate surface area is 156 Å². The van der Waals surface area contributed by atoms with Gasteiger partial charge in [0.2, 0.25) is 5.16 Å². The first kappa shape index (κ1) is 16.8. The van der Waals surface area contributed by atoms with Gasteiger partial charge in [0.05, 0.1) is 6.04 Å². The van der Waals surface area contributed by atoms with E-state index in [1.165, 1.54) is 11.8 Å². The lowest BCUT2D eigenvalue weighted by Crippen LogP contribution is -2.39. The van der Waals surface area contributed by atoms with Gasteiger partial charge in [-0.15, -0.1) is 10.2 Å². The average molecular weight is 364 g/mol. The minimum absolute atomic E-state index is 0.0947. The van der Waals surface area contributed by atoms with Crippen LogP contribution >= 0.6 is 11.8 Å². The van der Waals surface area contributed by atoms with Crippen LogP contribution in [0.5, 0.6) is 0 Å². The minimum atomic E-state index is -0.309. The first-order valence-corrected chi connectivity index (χ1v) is 9.56. The largest absolute Gasteiger partial charge is 0.313 e. The van der Waals surface area contributed by atoms with E-state index in [2.05, 4.69) is 29.5 Å². The number of fused-ring (bicyclic) bond motifs is 1. The van der Waals surface area contributed by atoms with Crippen molar-refractivity contribution in [1.82, 2.24) is 14.9 Å². The highest BCUT2D eigenvalue weighted by atomic mass is 32.2. The molecular formula is C20H20N4OS. The molecule has 0 unspecified atom stereocenters. The summed E-state index contributed by atoms with van der Waals surface area (Å²) in [4.78, 5) is 13.2. The maximum absolute atomic E-state index is 13.2. The molecule has 1 aromatic heterocycles. The molecule has 0 saturated heterocycles. The van der Waals surface area contributed by atoms with Gasteiger partial charge in [-0.1, -0.05) is 86.3 Å². The summed E-state index contributed by atoms with van der Waals surface area (Å²) in [7, 11) is 0. The zero-order valence-corrected chi connectivity index (χ0v) is 15.5. The second-order valence-corrected chi connectivity index (χ2v) is 7.73. The minimum Gasteiger partial charge on any atom is -0.313 e. The molecule has 0 bridgehead atoms.